The number of imidazole rings is 1. The number of nitrogens with zero attached hydrogens (tertiary/aromatic N) is 6. The van der Waals surface area contributed by atoms with Crippen LogP contribution in [0.15, 0.2) is 97.3 Å². The molecule has 2 N–H and O–H groups in total. The summed E-state index contributed by atoms with van der Waals surface area (Å²) in [5.41, 5.74) is 4.57. The van der Waals surface area contributed by atoms with E-state index in [0.717, 1.165) is 75.6 Å². The molecule has 6 aromatic rings. The Morgan fingerprint density at radius 1 is 0.857 bits per heavy atom. The number of carbonyl (C=O) groups excluding carboxylic acids is 1. The zero-order valence-corrected chi connectivity index (χ0v) is 31.1. The number of likely N-dealkylation sites (tertiary alicyclic amines) is 1. The van der Waals surface area contributed by atoms with Gasteiger partial charge in [-0.15, -0.1) is 0 Å². The van der Waals surface area contributed by atoms with Gasteiger partial charge in [0.15, 0.2) is 0 Å². The molecule has 13 heteroatoms. The number of nitrogens with one attached hydrogen (secondary N) is 2. The SMILES string of the molecule is COc1cc(N2CCC(C3CCN(CCF)CC3)CC2)ccc1Nc1nccc(-c2c(-c3cccc(C(=O)Nc4c(F)cccc4F)c3)nc3ccccn23)n1. The highest BCUT2D eigenvalue weighted by Gasteiger charge is 2.30. The number of ether oxygens (including phenoxy) is 1. The zero-order chi connectivity index (χ0) is 38.6. The van der Waals surface area contributed by atoms with Crippen molar-refractivity contribution < 1.29 is 22.7 Å². The zero-order valence-electron chi connectivity index (χ0n) is 31.1. The van der Waals surface area contributed by atoms with Crippen LogP contribution in [0.4, 0.5) is 36.2 Å². The molecule has 2 fully saturated rings. The van der Waals surface area contributed by atoms with Gasteiger partial charge in [0.25, 0.3) is 5.91 Å². The molecule has 2 aliphatic rings. The number of anilines is 4. The number of para-hydroxylation sites is 1. The van der Waals surface area contributed by atoms with Crippen molar-refractivity contribution in [3.05, 3.63) is 115 Å². The van der Waals surface area contributed by atoms with E-state index in [1.165, 1.54) is 6.07 Å². The summed E-state index contributed by atoms with van der Waals surface area (Å²) in [6.07, 6.45) is 8.17. The molecule has 56 heavy (non-hydrogen) atoms. The minimum atomic E-state index is -0.866. The summed E-state index contributed by atoms with van der Waals surface area (Å²) in [6, 6.07) is 23.7. The molecule has 10 nitrogen and oxygen atoms in total. The third kappa shape index (κ3) is 7.76. The third-order valence-electron chi connectivity index (χ3n) is 11.1. The minimum Gasteiger partial charge on any atom is -0.494 e. The molecule has 2 saturated heterocycles. The molecule has 5 heterocycles. The minimum absolute atomic E-state index is 0.199. The lowest BCUT2D eigenvalue weighted by Crippen LogP contribution is -2.41. The Labute approximate surface area is 323 Å². The number of aromatic nitrogens is 4. The Bertz CT molecular complexity index is 2320. The highest BCUT2D eigenvalue weighted by molar-refractivity contribution is 6.05. The first kappa shape index (κ1) is 37.0. The van der Waals surface area contributed by atoms with E-state index in [9.17, 15) is 18.0 Å². The van der Waals surface area contributed by atoms with Crippen molar-refractivity contribution in [2.75, 3.05) is 62.0 Å². The normalized spacial score (nSPS) is 15.6. The van der Waals surface area contributed by atoms with Crippen molar-refractivity contribution >= 4 is 34.6 Å². The monoisotopic (exact) mass is 760 g/mol. The number of hydrogen-bond donors (Lipinski definition) is 2. The number of halogens is 3. The quantitative estimate of drug-likeness (QED) is 0.136. The van der Waals surface area contributed by atoms with Crippen molar-refractivity contribution in [1.82, 2.24) is 24.3 Å². The number of rotatable bonds is 11. The van der Waals surface area contributed by atoms with Crippen molar-refractivity contribution in [2.24, 2.45) is 11.8 Å². The molecule has 0 aliphatic carbocycles. The van der Waals surface area contributed by atoms with Crippen LogP contribution < -0.4 is 20.3 Å². The van der Waals surface area contributed by atoms with Gasteiger partial charge in [-0.3, -0.25) is 9.20 Å². The van der Waals surface area contributed by atoms with E-state index < -0.39 is 23.2 Å². The van der Waals surface area contributed by atoms with Crippen molar-refractivity contribution in [1.29, 1.82) is 0 Å². The predicted octanol–water partition coefficient (Wildman–Crippen LogP) is 8.64. The number of carbonyl (C=O) groups is 1. The Hall–Kier alpha value is -5.95. The number of benzene rings is 3. The van der Waals surface area contributed by atoms with E-state index in [2.05, 4.69) is 31.5 Å². The van der Waals surface area contributed by atoms with E-state index in [1.54, 1.807) is 37.6 Å². The van der Waals surface area contributed by atoms with Gasteiger partial charge in [-0.1, -0.05) is 24.3 Å². The molecule has 0 unspecified atom stereocenters. The van der Waals surface area contributed by atoms with Crippen LogP contribution in [0.5, 0.6) is 5.75 Å². The lowest BCUT2D eigenvalue weighted by molar-refractivity contribution is 0.102. The van der Waals surface area contributed by atoms with Gasteiger partial charge >= 0.3 is 0 Å². The number of alkyl halides is 1. The third-order valence-corrected chi connectivity index (χ3v) is 11.1. The largest absolute Gasteiger partial charge is 0.494 e. The number of pyridine rings is 1. The number of piperidine rings is 2. The molecule has 2 aliphatic heterocycles. The van der Waals surface area contributed by atoms with Crippen LogP contribution >= 0.6 is 0 Å². The van der Waals surface area contributed by atoms with Gasteiger partial charge in [-0.25, -0.2) is 28.1 Å². The highest BCUT2D eigenvalue weighted by atomic mass is 19.1. The first-order valence-electron chi connectivity index (χ1n) is 19.0. The summed E-state index contributed by atoms with van der Waals surface area (Å²) >= 11 is 0. The summed E-state index contributed by atoms with van der Waals surface area (Å²) in [5.74, 6) is 0.0478. The fourth-order valence-electron chi connectivity index (χ4n) is 8.10. The van der Waals surface area contributed by atoms with Crippen LogP contribution in [0, 0.1) is 23.5 Å². The number of hydrogen-bond acceptors (Lipinski definition) is 8. The highest BCUT2D eigenvalue weighted by Crippen LogP contribution is 2.38. The van der Waals surface area contributed by atoms with Crippen molar-refractivity contribution in [2.45, 2.75) is 25.7 Å². The van der Waals surface area contributed by atoms with Gasteiger partial charge in [-0.05, 0) is 105 Å². The standard InChI is InChI=1S/C43H43F3N8O2/c1-56-37-27-32(53-23-16-29(17-24-53)28-14-21-52(22-15-28)25-18-44)11-12-35(37)48-43-47-19-13-36(49-43)41-39(50-38-10-2-3-20-54(38)41)30-6-4-7-31(26-30)42(55)51-40-33(45)8-5-9-34(40)46/h2-13,19-20,26-29H,14-18,21-25H2,1H3,(H,51,55)(H,47,48,49). The van der Waals surface area contributed by atoms with Gasteiger partial charge in [0.2, 0.25) is 5.95 Å². The molecule has 0 bridgehead atoms. The van der Waals surface area contributed by atoms with E-state index in [4.69, 9.17) is 14.7 Å². The second kappa shape index (κ2) is 16.4. The molecule has 3 aromatic carbocycles. The lowest BCUT2D eigenvalue weighted by Gasteiger charge is -2.40. The number of methoxy groups -OCH3 is 1. The first-order chi connectivity index (χ1) is 27.4. The second-order valence-corrected chi connectivity index (χ2v) is 14.3. The fraction of sp³-hybridized carbons (Fsp3) is 0.302. The molecular weight excluding hydrogens is 718 g/mol. The molecule has 1 amide bonds. The molecule has 3 aromatic heterocycles. The summed E-state index contributed by atoms with van der Waals surface area (Å²) in [7, 11) is 1.65. The van der Waals surface area contributed by atoms with Gasteiger partial charge in [0.05, 0.1) is 29.9 Å². The van der Waals surface area contributed by atoms with Crippen LogP contribution in [-0.4, -0.2) is 76.7 Å². The number of fused-ring (bicyclic) bond motifs is 1. The Morgan fingerprint density at radius 3 is 2.36 bits per heavy atom. The molecule has 8 rings (SSSR count). The van der Waals surface area contributed by atoms with Crippen LogP contribution in [0.1, 0.15) is 36.0 Å². The van der Waals surface area contributed by atoms with Crippen LogP contribution in [0.2, 0.25) is 0 Å². The fourth-order valence-corrected chi connectivity index (χ4v) is 8.10. The maximum atomic E-state index is 14.3. The smallest absolute Gasteiger partial charge is 0.255 e. The maximum Gasteiger partial charge on any atom is 0.255 e. The molecular formula is C43H43F3N8O2. The predicted molar refractivity (Wildman–Crippen MR) is 212 cm³/mol. The second-order valence-electron chi connectivity index (χ2n) is 14.3. The first-order valence-corrected chi connectivity index (χ1v) is 19.0. The van der Waals surface area contributed by atoms with E-state index in [1.807, 2.05) is 47.0 Å². The van der Waals surface area contributed by atoms with Crippen molar-refractivity contribution in [3.8, 4) is 28.4 Å². The van der Waals surface area contributed by atoms with Gasteiger partial charge < -0.3 is 25.2 Å². The molecule has 0 spiro atoms. The van der Waals surface area contributed by atoms with Crippen LogP contribution in [0.3, 0.4) is 0 Å². The molecule has 0 saturated carbocycles. The van der Waals surface area contributed by atoms with E-state index in [-0.39, 0.29) is 12.2 Å². The lowest BCUT2D eigenvalue weighted by atomic mass is 9.78. The van der Waals surface area contributed by atoms with Crippen LogP contribution in [0.25, 0.3) is 28.3 Å². The molecule has 288 valence electrons. The van der Waals surface area contributed by atoms with Crippen LogP contribution in [-0.2, 0) is 0 Å². The summed E-state index contributed by atoms with van der Waals surface area (Å²) in [4.78, 5) is 32.2. The summed E-state index contributed by atoms with van der Waals surface area (Å²) < 4.78 is 49.2. The molecule has 0 atom stereocenters. The average molecular weight is 761 g/mol. The number of amides is 1. The maximum absolute atomic E-state index is 14.3. The van der Waals surface area contributed by atoms with Gasteiger partial charge in [0, 0.05) is 54.9 Å². The topological polar surface area (TPSA) is 99.9 Å². The van der Waals surface area contributed by atoms with Gasteiger partial charge in [0.1, 0.15) is 35.4 Å². The van der Waals surface area contributed by atoms with E-state index >= 15 is 0 Å². The molecule has 0 radical (unpaired) electrons. The Morgan fingerprint density at radius 2 is 1.61 bits per heavy atom. The van der Waals surface area contributed by atoms with Crippen molar-refractivity contribution in [3.63, 3.8) is 0 Å². The van der Waals surface area contributed by atoms with Gasteiger partial charge in [-0.2, -0.15) is 0 Å². The Balaban J connectivity index is 1.01. The summed E-state index contributed by atoms with van der Waals surface area (Å²) in [6.45, 7) is 4.27. The summed E-state index contributed by atoms with van der Waals surface area (Å²) in [5, 5.41) is 5.71. The average Bonchev–Trinajstić information content (AvgIpc) is 3.63. The Kier molecular flexibility index (Phi) is 10.8. The van der Waals surface area contributed by atoms with E-state index in [0.29, 0.717) is 58.1 Å².